The molecule has 0 atom stereocenters. The zero-order chi connectivity index (χ0) is 10.7. The fraction of sp³-hybridized carbons (Fsp3) is 0.111. The topological polar surface area (TPSA) is 66.5 Å². The van der Waals surface area contributed by atoms with Gasteiger partial charge in [0.05, 0.1) is 4.47 Å². The first-order valence-electron chi connectivity index (χ1n) is 3.84. The first kappa shape index (κ1) is 11.6. The Labute approximate surface area is 98.5 Å². The minimum atomic E-state index is -0.0209. The Morgan fingerprint density at radius 1 is 1.29 bits per heavy atom. The Hall–Kier alpha value is -0.520. The second-order valence-corrected chi connectivity index (χ2v) is 4.24. The summed E-state index contributed by atoms with van der Waals surface area (Å²) in [6.07, 6.45) is 3.40. The molecule has 0 aromatic heterocycles. The average Bonchev–Trinajstić information content (AvgIpc) is 2.18. The second kappa shape index (κ2) is 4.82. The quantitative estimate of drug-likeness (QED) is 0.784. The van der Waals surface area contributed by atoms with Crippen molar-refractivity contribution in [2.45, 2.75) is 0 Å². The Morgan fingerprint density at radius 3 is 2.50 bits per heavy atom. The van der Waals surface area contributed by atoms with Gasteiger partial charge in [-0.2, -0.15) is 0 Å². The van der Waals surface area contributed by atoms with Gasteiger partial charge in [-0.25, -0.2) is 0 Å². The molecule has 0 radical (unpaired) electrons. The van der Waals surface area contributed by atoms with Gasteiger partial charge in [-0.3, -0.25) is 0 Å². The predicted molar refractivity (Wildman–Crippen MR) is 63.3 cm³/mol. The van der Waals surface area contributed by atoms with Gasteiger partial charge in [0.15, 0.2) is 0 Å². The average molecular weight is 323 g/mol. The Balaban J connectivity index is 3.26. The highest BCUT2D eigenvalue weighted by Crippen LogP contribution is 2.41. The van der Waals surface area contributed by atoms with Gasteiger partial charge in [0.2, 0.25) is 0 Å². The lowest BCUT2D eigenvalue weighted by Gasteiger charge is -2.06. The molecule has 0 saturated heterocycles. The summed E-state index contributed by atoms with van der Waals surface area (Å²) in [5.74, 6) is -0.0252. The summed E-state index contributed by atoms with van der Waals surface area (Å²) in [5, 5.41) is 19.0. The van der Waals surface area contributed by atoms with Crippen LogP contribution >= 0.6 is 31.9 Å². The van der Waals surface area contributed by atoms with Crippen molar-refractivity contribution in [3.05, 3.63) is 26.7 Å². The van der Waals surface area contributed by atoms with E-state index in [0.717, 1.165) is 0 Å². The van der Waals surface area contributed by atoms with Gasteiger partial charge in [-0.15, -0.1) is 0 Å². The van der Waals surface area contributed by atoms with Crippen molar-refractivity contribution < 1.29 is 10.2 Å². The molecule has 0 fully saturated rings. The molecule has 0 amide bonds. The molecular weight excluding hydrogens is 314 g/mol. The fourth-order valence-corrected chi connectivity index (χ4v) is 2.09. The van der Waals surface area contributed by atoms with Gasteiger partial charge in [-0.05, 0) is 37.9 Å². The van der Waals surface area contributed by atoms with E-state index in [4.69, 9.17) is 5.73 Å². The highest BCUT2D eigenvalue weighted by molar-refractivity contribution is 9.11. The van der Waals surface area contributed by atoms with E-state index in [2.05, 4.69) is 31.9 Å². The smallest absolute Gasteiger partial charge is 0.147 e. The molecule has 1 rings (SSSR count). The van der Waals surface area contributed by atoms with Crippen molar-refractivity contribution in [2.24, 2.45) is 5.73 Å². The molecule has 0 unspecified atom stereocenters. The van der Waals surface area contributed by atoms with Gasteiger partial charge in [0.1, 0.15) is 16.0 Å². The zero-order valence-electron chi connectivity index (χ0n) is 7.17. The highest BCUT2D eigenvalue weighted by atomic mass is 79.9. The van der Waals surface area contributed by atoms with Crippen LogP contribution in [0.5, 0.6) is 11.5 Å². The number of nitrogens with two attached hydrogens (primary N) is 1. The maximum absolute atomic E-state index is 9.61. The number of rotatable bonds is 2. The highest BCUT2D eigenvalue weighted by Gasteiger charge is 2.11. The fourth-order valence-electron chi connectivity index (χ4n) is 0.939. The van der Waals surface area contributed by atoms with Crippen LogP contribution in [0.4, 0.5) is 0 Å². The number of hydrogen-bond donors (Lipinski definition) is 3. The summed E-state index contributed by atoms with van der Waals surface area (Å²) in [7, 11) is 0. The first-order valence-corrected chi connectivity index (χ1v) is 5.43. The molecule has 1 aromatic rings. The van der Waals surface area contributed by atoms with E-state index in [9.17, 15) is 10.2 Å². The Bertz CT molecular complexity index is 378. The molecule has 4 N–H and O–H groups in total. The van der Waals surface area contributed by atoms with Gasteiger partial charge in [0, 0.05) is 12.1 Å². The number of aromatic hydroxyl groups is 2. The van der Waals surface area contributed by atoms with Crippen LogP contribution in [0.1, 0.15) is 5.56 Å². The summed E-state index contributed by atoms with van der Waals surface area (Å²) in [5.41, 5.74) is 5.88. The normalized spacial score (nSPS) is 11.1. The van der Waals surface area contributed by atoms with Crippen LogP contribution in [-0.4, -0.2) is 16.8 Å². The number of benzene rings is 1. The summed E-state index contributed by atoms with van der Waals surface area (Å²) in [4.78, 5) is 0. The van der Waals surface area contributed by atoms with Crippen molar-refractivity contribution in [3.8, 4) is 11.5 Å². The van der Waals surface area contributed by atoms with E-state index >= 15 is 0 Å². The lowest BCUT2D eigenvalue weighted by molar-refractivity contribution is 0.441. The van der Waals surface area contributed by atoms with E-state index in [1.54, 1.807) is 18.2 Å². The third-order valence-electron chi connectivity index (χ3n) is 1.63. The Kier molecular flexibility index (Phi) is 3.97. The van der Waals surface area contributed by atoms with Crippen molar-refractivity contribution in [1.82, 2.24) is 0 Å². The molecule has 0 aliphatic heterocycles. The van der Waals surface area contributed by atoms with Crippen LogP contribution in [-0.2, 0) is 0 Å². The Morgan fingerprint density at radius 2 is 1.93 bits per heavy atom. The third kappa shape index (κ3) is 2.29. The standard InChI is InChI=1S/C9H9Br2NO2/c10-6-4-5(2-1-3-12)8(13)7(11)9(6)14/h1-2,4,13-14H,3,12H2. The minimum Gasteiger partial charge on any atom is -0.506 e. The van der Waals surface area contributed by atoms with Crippen LogP contribution in [0, 0.1) is 0 Å². The van der Waals surface area contributed by atoms with Crippen molar-refractivity contribution in [3.63, 3.8) is 0 Å². The molecule has 3 nitrogen and oxygen atoms in total. The number of halogens is 2. The third-order valence-corrected chi connectivity index (χ3v) is 2.99. The molecular formula is C9H9Br2NO2. The lowest BCUT2D eigenvalue weighted by atomic mass is 10.2. The lowest BCUT2D eigenvalue weighted by Crippen LogP contribution is -1.92. The van der Waals surface area contributed by atoms with Crippen LogP contribution < -0.4 is 5.73 Å². The van der Waals surface area contributed by atoms with Crippen molar-refractivity contribution >= 4 is 37.9 Å². The SMILES string of the molecule is NCC=Cc1cc(Br)c(O)c(Br)c1O. The molecule has 5 heteroatoms. The molecule has 0 bridgehead atoms. The monoisotopic (exact) mass is 321 g/mol. The largest absolute Gasteiger partial charge is 0.506 e. The van der Waals surface area contributed by atoms with Gasteiger partial charge in [0.25, 0.3) is 0 Å². The summed E-state index contributed by atoms with van der Waals surface area (Å²) >= 11 is 6.24. The van der Waals surface area contributed by atoms with Crippen molar-refractivity contribution in [1.29, 1.82) is 0 Å². The first-order chi connectivity index (χ1) is 6.57. The van der Waals surface area contributed by atoms with E-state index in [1.165, 1.54) is 0 Å². The number of phenolic OH excluding ortho intramolecular Hbond substituents is 2. The van der Waals surface area contributed by atoms with Crippen LogP contribution in [0.3, 0.4) is 0 Å². The maximum atomic E-state index is 9.61. The van der Waals surface area contributed by atoms with Crippen LogP contribution in [0.25, 0.3) is 6.08 Å². The zero-order valence-corrected chi connectivity index (χ0v) is 10.3. The van der Waals surface area contributed by atoms with E-state index in [0.29, 0.717) is 16.6 Å². The number of hydrogen-bond acceptors (Lipinski definition) is 3. The minimum absolute atomic E-state index is 0.00426. The predicted octanol–water partition coefficient (Wildman–Crippen LogP) is 2.59. The molecule has 0 spiro atoms. The molecule has 0 heterocycles. The molecule has 1 aromatic carbocycles. The summed E-state index contributed by atoms with van der Waals surface area (Å²) < 4.78 is 0.780. The second-order valence-electron chi connectivity index (χ2n) is 2.60. The van der Waals surface area contributed by atoms with Crippen molar-refractivity contribution in [2.75, 3.05) is 6.54 Å². The summed E-state index contributed by atoms with van der Waals surface area (Å²) in [6, 6.07) is 1.61. The van der Waals surface area contributed by atoms with Crippen LogP contribution in [0.15, 0.2) is 21.1 Å². The van der Waals surface area contributed by atoms with Crippen LogP contribution in [0.2, 0.25) is 0 Å². The summed E-state index contributed by atoms with van der Waals surface area (Å²) in [6.45, 7) is 0.398. The van der Waals surface area contributed by atoms with Gasteiger partial charge >= 0.3 is 0 Å². The van der Waals surface area contributed by atoms with E-state index in [-0.39, 0.29) is 16.0 Å². The molecule has 14 heavy (non-hydrogen) atoms. The van der Waals surface area contributed by atoms with E-state index in [1.807, 2.05) is 0 Å². The number of phenols is 2. The van der Waals surface area contributed by atoms with Gasteiger partial charge in [-0.1, -0.05) is 12.2 Å². The van der Waals surface area contributed by atoms with Gasteiger partial charge < -0.3 is 15.9 Å². The molecule has 76 valence electrons. The molecule has 0 saturated carbocycles. The maximum Gasteiger partial charge on any atom is 0.147 e. The molecule has 0 aliphatic rings. The molecule has 0 aliphatic carbocycles. The van der Waals surface area contributed by atoms with E-state index < -0.39 is 0 Å².